The number of nitrogens with one attached hydrogen (secondary N) is 2. The molecule has 120 valence electrons. The molecule has 1 heterocycles. The second-order valence-corrected chi connectivity index (χ2v) is 7.01. The third-order valence-corrected chi connectivity index (χ3v) is 4.63. The van der Waals surface area contributed by atoms with Crippen LogP contribution in [0.2, 0.25) is 0 Å². The molecule has 0 bridgehead atoms. The average molecular weight is 390 g/mol. The van der Waals surface area contributed by atoms with E-state index in [1.165, 1.54) is 24.9 Å². The van der Waals surface area contributed by atoms with Crippen LogP contribution in [-0.4, -0.2) is 18.2 Å². The quantitative estimate of drug-likeness (QED) is 0.701. The summed E-state index contributed by atoms with van der Waals surface area (Å²) in [5.74, 6) is 0. The highest BCUT2D eigenvalue weighted by Gasteiger charge is 2.10. The number of nitrogens with zero attached hydrogens (tertiary/aromatic N) is 1. The molecular formula is C18H20BrN3S. The summed E-state index contributed by atoms with van der Waals surface area (Å²) in [5, 5.41) is 7.01. The van der Waals surface area contributed by atoms with Crippen molar-refractivity contribution in [1.82, 2.24) is 0 Å². The summed E-state index contributed by atoms with van der Waals surface area (Å²) in [6.07, 6.45) is 3.94. The smallest absolute Gasteiger partial charge is 0.175 e. The van der Waals surface area contributed by atoms with E-state index in [-0.39, 0.29) is 0 Å². The summed E-state index contributed by atoms with van der Waals surface area (Å²) >= 11 is 8.83. The third-order valence-electron chi connectivity index (χ3n) is 3.93. The first-order chi connectivity index (χ1) is 11.2. The Balaban J connectivity index is 1.58. The molecule has 0 saturated carbocycles. The second-order valence-electron chi connectivity index (χ2n) is 5.68. The molecule has 1 aliphatic rings. The Hall–Kier alpha value is -1.59. The normalized spacial score (nSPS) is 14.4. The van der Waals surface area contributed by atoms with Gasteiger partial charge in [0.15, 0.2) is 5.11 Å². The third kappa shape index (κ3) is 4.69. The van der Waals surface area contributed by atoms with Gasteiger partial charge in [0.2, 0.25) is 0 Å². The van der Waals surface area contributed by atoms with Gasteiger partial charge in [-0.15, -0.1) is 0 Å². The zero-order chi connectivity index (χ0) is 16.1. The first-order valence-electron chi connectivity index (χ1n) is 7.89. The van der Waals surface area contributed by atoms with Gasteiger partial charge in [-0.05, 0) is 73.9 Å². The number of piperidine rings is 1. The largest absolute Gasteiger partial charge is 0.372 e. The monoisotopic (exact) mass is 389 g/mol. The van der Waals surface area contributed by atoms with Gasteiger partial charge in [0.25, 0.3) is 0 Å². The van der Waals surface area contributed by atoms with Crippen LogP contribution in [0.3, 0.4) is 0 Å². The average Bonchev–Trinajstić information content (AvgIpc) is 2.56. The highest BCUT2D eigenvalue weighted by Crippen LogP contribution is 2.22. The van der Waals surface area contributed by atoms with Gasteiger partial charge in [-0.1, -0.05) is 22.0 Å². The van der Waals surface area contributed by atoms with Crippen LogP contribution in [0.5, 0.6) is 0 Å². The summed E-state index contributed by atoms with van der Waals surface area (Å²) < 4.78 is 1.02. The fourth-order valence-electron chi connectivity index (χ4n) is 2.77. The van der Waals surface area contributed by atoms with Crippen LogP contribution < -0.4 is 15.5 Å². The first kappa shape index (κ1) is 16.3. The molecule has 2 aromatic rings. The number of anilines is 3. The number of hydrogen-bond acceptors (Lipinski definition) is 2. The van der Waals surface area contributed by atoms with Gasteiger partial charge < -0.3 is 15.5 Å². The SMILES string of the molecule is S=C(Nc1ccc(N2CCCCC2)cc1)Nc1cccc(Br)c1. The minimum absolute atomic E-state index is 0.592. The van der Waals surface area contributed by atoms with Crippen molar-refractivity contribution in [1.29, 1.82) is 0 Å². The topological polar surface area (TPSA) is 27.3 Å². The van der Waals surface area contributed by atoms with Crippen LogP contribution in [0.25, 0.3) is 0 Å². The summed E-state index contributed by atoms with van der Waals surface area (Å²) in [4.78, 5) is 2.45. The fourth-order valence-corrected chi connectivity index (χ4v) is 3.40. The molecule has 5 heteroatoms. The van der Waals surface area contributed by atoms with Crippen molar-refractivity contribution in [2.24, 2.45) is 0 Å². The van der Waals surface area contributed by atoms with E-state index in [0.717, 1.165) is 28.9 Å². The maximum atomic E-state index is 5.37. The molecule has 2 N–H and O–H groups in total. The van der Waals surface area contributed by atoms with Crippen LogP contribution in [0.4, 0.5) is 17.1 Å². The molecule has 0 radical (unpaired) electrons. The lowest BCUT2D eigenvalue weighted by atomic mass is 10.1. The summed E-state index contributed by atoms with van der Waals surface area (Å²) in [6, 6.07) is 16.4. The van der Waals surface area contributed by atoms with Crippen molar-refractivity contribution < 1.29 is 0 Å². The van der Waals surface area contributed by atoms with E-state index in [4.69, 9.17) is 12.2 Å². The van der Waals surface area contributed by atoms with E-state index >= 15 is 0 Å². The molecule has 0 atom stereocenters. The van der Waals surface area contributed by atoms with Crippen LogP contribution in [0.15, 0.2) is 53.0 Å². The zero-order valence-electron chi connectivity index (χ0n) is 12.9. The first-order valence-corrected chi connectivity index (χ1v) is 9.09. The molecule has 1 aliphatic heterocycles. The second kappa shape index (κ2) is 7.79. The maximum Gasteiger partial charge on any atom is 0.175 e. The molecule has 0 spiro atoms. The summed E-state index contributed by atoms with van der Waals surface area (Å²) in [7, 11) is 0. The van der Waals surface area contributed by atoms with Crippen molar-refractivity contribution in [2.45, 2.75) is 19.3 Å². The van der Waals surface area contributed by atoms with E-state index in [0.29, 0.717) is 5.11 Å². The van der Waals surface area contributed by atoms with E-state index in [1.807, 2.05) is 24.3 Å². The number of benzene rings is 2. The van der Waals surface area contributed by atoms with Gasteiger partial charge in [-0.25, -0.2) is 0 Å². The van der Waals surface area contributed by atoms with Crippen LogP contribution in [0, 0.1) is 0 Å². The Labute approximate surface area is 151 Å². The molecule has 0 aromatic heterocycles. The molecule has 1 saturated heterocycles. The lowest BCUT2D eigenvalue weighted by Crippen LogP contribution is -2.29. The molecule has 0 amide bonds. The minimum atomic E-state index is 0.592. The minimum Gasteiger partial charge on any atom is -0.372 e. The molecule has 0 unspecified atom stereocenters. The molecule has 3 nitrogen and oxygen atoms in total. The van der Waals surface area contributed by atoms with Gasteiger partial charge in [-0.2, -0.15) is 0 Å². The van der Waals surface area contributed by atoms with Crippen LogP contribution in [-0.2, 0) is 0 Å². The Morgan fingerprint density at radius 1 is 0.913 bits per heavy atom. The lowest BCUT2D eigenvalue weighted by Gasteiger charge is -2.28. The Morgan fingerprint density at radius 3 is 2.30 bits per heavy atom. The number of rotatable bonds is 3. The predicted molar refractivity (Wildman–Crippen MR) is 106 cm³/mol. The van der Waals surface area contributed by atoms with E-state index in [2.05, 4.69) is 55.7 Å². The molecule has 23 heavy (non-hydrogen) atoms. The van der Waals surface area contributed by atoms with E-state index < -0.39 is 0 Å². The summed E-state index contributed by atoms with van der Waals surface area (Å²) in [5.41, 5.74) is 3.25. The van der Waals surface area contributed by atoms with Gasteiger partial charge in [0, 0.05) is 34.6 Å². The highest BCUT2D eigenvalue weighted by molar-refractivity contribution is 9.10. The lowest BCUT2D eigenvalue weighted by molar-refractivity contribution is 0.578. The Morgan fingerprint density at radius 2 is 1.61 bits per heavy atom. The van der Waals surface area contributed by atoms with Gasteiger partial charge >= 0.3 is 0 Å². The molecule has 0 aliphatic carbocycles. The van der Waals surface area contributed by atoms with E-state index in [9.17, 15) is 0 Å². The standard InChI is InChI=1S/C18H20BrN3S/c19-14-5-4-6-16(13-14)21-18(23)20-15-7-9-17(10-8-15)22-11-2-1-3-12-22/h4-10,13H,1-3,11-12H2,(H2,20,21,23). The molecule has 1 fully saturated rings. The van der Waals surface area contributed by atoms with Gasteiger partial charge in [0.05, 0.1) is 0 Å². The Kier molecular flexibility index (Phi) is 5.51. The van der Waals surface area contributed by atoms with Crippen molar-refractivity contribution in [3.05, 3.63) is 53.0 Å². The number of thiocarbonyl (C=S) groups is 1. The molecule has 3 rings (SSSR count). The fraction of sp³-hybridized carbons (Fsp3) is 0.278. The van der Waals surface area contributed by atoms with Gasteiger partial charge in [-0.3, -0.25) is 0 Å². The van der Waals surface area contributed by atoms with Crippen LogP contribution in [0.1, 0.15) is 19.3 Å². The van der Waals surface area contributed by atoms with Crippen LogP contribution >= 0.6 is 28.1 Å². The molecular weight excluding hydrogens is 370 g/mol. The van der Waals surface area contributed by atoms with Crippen molar-refractivity contribution in [2.75, 3.05) is 28.6 Å². The van der Waals surface area contributed by atoms with E-state index in [1.54, 1.807) is 0 Å². The number of halogens is 1. The van der Waals surface area contributed by atoms with Crippen molar-refractivity contribution in [3.63, 3.8) is 0 Å². The highest BCUT2D eigenvalue weighted by atomic mass is 79.9. The van der Waals surface area contributed by atoms with Gasteiger partial charge in [0.1, 0.15) is 0 Å². The maximum absolute atomic E-state index is 5.37. The summed E-state index contributed by atoms with van der Waals surface area (Å²) in [6.45, 7) is 2.32. The predicted octanol–water partition coefficient (Wildman–Crippen LogP) is 5.25. The number of hydrogen-bond donors (Lipinski definition) is 2. The zero-order valence-corrected chi connectivity index (χ0v) is 15.3. The Bertz CT molecular complexity index is 666. The molecule has 2 aromatic carbocycles. The van der Waals surface area contributed by atoms with Crippen molar-refractivity contribution >= 4 is 50.3 Å². The van der Waals surface area contributed by atoms with Crippen molar-refractivity contribution in [3.8, 4) is 0 Å².